The fourth-order valence-corrected chi connectivity index (χ4v) is 18.3. The standard InChI is InChI=1S/C78H36B3N3O6/c1-9-25-49-37(17-1)61-70-63(39-19-3-11-27-51(39)82(49)70)75-67-73(61)85-55-31-15-7-23-43(55)79(67)45-33-47-59(35-57(45)87-75)89-77-65-41-21-5-13-29-53(41)84-54-30-14-6-22-42(54)66(72(65)84)78-69(77)81(47)48-34-46-58(36-60(48)90-78)88-76-64-40-20-4-12-28-52(40)83-50-26-10-2-18-38(50)62(71(64)83)74-68(76)80(46)44-24-8-16-32-56(44)86-74/h1-36H. The molecule has 6 aliphatic heterocycles. The second-order valence-corrected chi connectivity index (χ2v) is 25.5. The first-order valence-electron chi connectivity index (χ1n) is 31.0. The monoisotopic (exact) mass is 1140 g/mol. The van der Waals surface area contributed by atoms with Crippen LogP contribution in [0.2, 0.25) is 0 Å². The largest absolute Gasteiger partial charge is 0.458 e. The number of hydrogen-bond donors (Lipinski definition) is 0. The second-order valence-electron chi connectivity index (χ2n) is 25.5. The highest BCUT2D eigenvalue weighted by molar-refractivity contribution is 7.03. The minimum absolute atomic E-state index is 0.259. The van der Waals surface area contributed by atoms with E-state index in [1.807, 2.05) is 0 Å². The van der Waals surface area contributed by atoms with E-state index < -0.39 is 0 Å². The van der Waals surface area contributed by atoms with Crippen molar-refractivity contribution in [3.8, 4) is 69.0 Å². The second kappa shape index (κ2) is 14.8. The van der Waals surface area contributed by atoms with E-state index in [0.717, 1.165) is 232 Å². The lowest BCUT2D eigenvalue weighted by molar-refractivity contribution is 0.455. The Morgan fingerprint density at radius 3 is 0.711 bits per heavy atom. The minimum atomic E-state index is -0.379. The Morgan fingerprint density at radius 1 is 0.211 bits per heavy atom. The molecule has 6 aliphatic rings. The van der Waals surface area contributed by atoms with E-state index >= 15 is 0 Å². The molecule has 6 aromatic heterocycles. The molecule has 19 aromatic rings. The van der Waals surface area contributed by atoms with Gasteiger partial charge in [0.1, 0.15) is 69.0 Å². The van der Waals surface area contributed by atoms with Gasteiger partial charge in [-0.2, -0.15) is 0 Å². The zero-order valence-corrected chi connectivity index (χ0v) is 47.3. The summed E-state index contributed by atoms with van der Waals surface area (Å²) < 4.78 is 52.7. The van der Waals surface area contributed by atoms with Crippen LogP contribution in [0.25, 0.3) is 114 Å². The fraction of sp³-hybridized carbons (Fsp3) is 0. The van der Waals surface area contributed by atoms with E-state index in [2.05, 4.69) is 232 Å². The summed E-state index contributed by atoms with van der Waals surface area (Å²) in [6.45, 7) is -0.898. The first kappa shape index (κ1) is 44.7. The number of nitrogens with zero attached hydrogens (tertiary/aromatic N) is 3. The lowest BCUT2D eigenvalue weighted by Crippen LogP contribution is -2.63. The predicted molar refractivity (Wildman–Crippen MR) is 363 cm³/mol. The highest BCUT2D eigenvalue weighted by Gasteiger charge is 2.51. The van der Waals surface area contributed by atoms with Crippen molar-refractivity contribution in [3.05, 3.63) is 218 Å². The molecule has 13 aromatic carbocycles. The van der Waals surface area contributed by atoms with Gasteiger partial charge in [-0.25, -0.2) is 0 Å². The van der Waals surface area contributed by atoms with Crippen molar-refractivity contribution >= 4 is 184 Å². The van der Waals surface area contributed by atoms with E-state index in [9.17, 15) is 0 Å². The van der Waals surface area contributed by atoms with Crippen molar-refractivity contribution in [2.45, 2.75) is 0 Å². The van der Waals surface area contributed by atoms with Crippen molar-refractivity contribution in [2.24, 2.45) is 0 Å². The van der Waals surface area contributed by atoms with Crippen molar-refractivity contribution < 1.29 is 28.4 Å². The molecule has 12 heterocycles. The lowest BCUT2D eigenvalue weighted by atomic mass is 9.30. The topological polar surface area (TPSA) is 68.6 Å². The predicted octanol–water partition coefficient (Wildman–Crippen LogP) is 13.3. The van der Waals surface area contributed by atoms with Gasteiger partial charge in [0.15, 0.2) is 0 Å². The molecule has 0 fully saturated rings. The maximum Gasteiger partial charge on any atom is 0.260 e. The summed E-state index contributed by atoms with van der Waals surface area (Å²) in [6.07, 6.45) is 0. The van der Waals surface area contributed by atoms with Gasteiger partial charge in [0.25, 0.3) is 20.1 Å². The summed E-state index contributed by atoms with van der Waals surface area (Å²) in [4.78, 5) is 0. The third kappa shape index (κ3) is 4.79. The van der Waals surface area contributed by atoms with Crippen LogP contribution in [0.1, 0.15) is 0 Å². The van der Waals surface area contributed by atoms with Gasteiger partial charge in [0, 0.05) is 60.8 Å². The third-order valence-corrected chi connectivity index (χ3v) is 21.5. The molecule has 0 saturated carbocycles. The Kier molecular flexibility index (Phi) is 7.34. The lowest BCUT2D eigenvalue weighted by Gasteiger charge is -2.38. The molecule has 12 heteroatoms. The summed E-state index contributed by atoms with van der Waals surface area (Å²) >= 11 is 0. The Labute approximate surface area is 509 Å². The van der Waals surface area contributed by atoms with Crippen LogP contribution in [0.4, 0.5) is 0 Å². The molecule has 90 heavy (non-hydrogen) atoms. The third-order valence-electron chi connectivity index (χ3n) is 21.5. The molecule has 0 unspecified atom stereocenters. The molecule has 0 radical (unpaired) electrons. The number of fused-ring (bicyclic) bond motifs is 36. The quantitative estimate of drug-likeness (QED) is 0.141. The smallest absolute Gasteiger partial charge is 0.260 e. The zero-order valence-electron chi connectivity index (χ0n) is 47.3. The van der Waals surface area contributed by atoms with Crippen LogP contribution in [0.5, 0.6) is 69.0 Å². The van der Waals surface area contributed by atoms with Crippen LogP contribution < -0.4 is 77.6 Å². The Balaban J connectivity index is 0.804. The molecule has 408 valence electrons. The molecule has 0 aliphatic carbocycles. The average Bonchev–Trinajstić information content (AvgIpc) is 1.42. The van der Waals surface area contributed by atoms with Crippen LogP contribution in [-0.2, 0) is 0 Å². The van der Waals surface area contributed by atoms with Gasteiger partial charge in [-0.1, -0.05) is 158 Å². The molecule has 0 saturated heterocycles. The summed E-state index contributed by atoms with van der Waals surface area (Å²) in [7, 11) is 0. The van der Waals surface area contributed by atoms with Crippen LogP contribution in [0.15, 0.2) is 218 Å². The Bertz CT molecular complexity index is 6330. The van der Waals surface area contributed by atoms with Crippen molar-refractivity contribution in [2.75, 3.05) is 0 Å². The highest BCUT2D eigenvalue weighted by Crippen LogP contribution is 2.56. The fourth-order valence-electron chi connectivity index (χ4n) is 18.3. The van der Waals surface area contributed by atoms with Crippen LogP contribution in [0, 0.1) is 0 Å². The van der Waals surface area contributed by atoms with Crippen molar-refractivity contribution in [1.82, 2.24) is 13.2 Å². The van der Waals surface area contributed by atoms with Crippen LogP contribution >= 0.6 is 0 Å². The SMILES string of the molecule is c1ccc2c(c1)Oc1c3c(c4c5ccccc5n5c6ccccc6c1c45)Oc1cc4c(cc1B23)B1c2cc3c(cc2Oc2c1c(c1c5ccccc5n5c6ccccc6c2c15)O4)Oc1c2c(c4c5ccccc5n5c6ccccc6c1c45)Oc1ccccc1B32. The molecule has 0 N–H and O–H groups in total. The zero-order chi connectivity index (χ0) is 57.4. The maximum absolute atomic E-state index is 7.77. The first-order chi connectivity index (χ1) is 44.7. The summed E-state index contributed by atoms with van der Waals surface area (Å²) in [5, 5.41) is 13.3. The van der Waals surface area contributed by atoms with Crippen LogP contribution in [-0.4, -0.2) is 33.3 Å². The van der Waals surface area contributed by atoms with Gasteiger partial charge in [-0.3, -0.25) is 0 Å². The van der Waals surface area contributed by atoms with Gasteiger partial charge in [-0.15, -0.1) is 0 Å². The molecule has 25 rings (SSSR count). The Morgan fingerprint density at radius 2 is 0.433 bits per heavy atom. The summed E-state index contributed by atoms with van der Waals surface area (Å²) in [5.41, 5.74) is 19.4. The molecule has 9 nitrogen and oxygen atoms in total. The molecular formula is C78H36B3N3O6. The van der Waals surface area contributed by atoms with Crippen molar-refractivity contribution in [3.63, 3.8) is 0 Å². The van der Waals surface area contributed by atoms with Crippen molar-refractivity contribution in [1.29, 1.82) is 0 Å². The first-order valence-corrected chi connectivity index (χ1v) is 31.0. The minimum Gasteiger partial charge on any atom is -0.458 e. The van der Waals surface area contributed by atoms with Crippen LogP contribution in [0.3, 0.4) is 0 Å². The molecule has 0 spiro atoms. The van der Waals surface area contributed by atoms with E-state index in [0.29, 0.717) is 0 Å². The maximum atomic E-state index is 7.77. The van der Waals surface area contributed by atoms with Gasteiger partial charge in [0.2, 0.25) is 0 Å². The van der Waals surface area contributed by atoms with E-state index in [1.54, 1.807) is 0 Å². The van der Waals surface area contributed by atoms with Gasteiger partial charge in [-0.05, 0) is 81.3 Å². The van der Waals surface area contributed by atoms with Gasteiger partial charge in [0.05, 0.1) is 82.0 Å². The van der Waals surface area contributed by atoms with Gasteiger partial charge >= 0.3 is 0 Å². The normalized spacial score (nSPS) is 14.5. The molecule has 0 atom stereocenters. The highest BCUT2D eigenvalue weighted by atomic mass is 16.5. The number of aromatic nitrogens is 3. The van der Waals surface area contributed by atoms with E-state index in [4.69, 9.17) is 28.4 Å². The molecule has 0 bridgehead atoms. The number of para-hydroxylation sites is 8. The van der Waals surface area contributed by atoms with Gasteiger partial charge < -0.3 is 41.6 Å². The summed E-state index contributed by atoms with van der Waals surface area (Å²) in [5.74, 6) is 9.56. The number of hydrogen-bond acceptors (Lipinski definition) is 6. The Hall–Kier alpha value is -11.7. The molecular weight excluding hydrogens is 1110 g/mol. The van der Waals surface area contributed by atoms with E-state index in [-0.39, 0.29) is 20.1 Å². The number of rotatable bonds is 0. The summed E-state index contributed by atoms with van der Waals surface area (Å²) in [6, 6.07) is 78.9. The number of ether oxygens (including phenoxy) is 6. The molecule has 0 amide bonds. The number of benzene rings is 13. The van der Waals surface area contributed by atoms with E-state index in [1.165, 1.54) is 0 Å². The average molecular weight is 1140 g/mol.